The molecule has 0 N–H and O–H groups in total. The monoisotopic (exact) mass is 217 g/mol. The van der Waals surface area contributed by atoms with Gasteiger partial charge >= 0.3 is 0 Å². The van der Waals surface area contributed by atoms with E-state index in [0.29, 0.717) is 0 Å². The third-order valence-corrected chi connectivity index (χ3v) is 3.20. The van der Waals surface area contributed by atoms with Crippen molar-refractivity contribution >= 4 is 11.6 Å². The second kappa shape index (κ2) is 4.69. The highest BCUT2D eigenvalue weighted by molar-refractivity contribution is 5.93. The zero-order valence-electron chi connectivity index (χ0n) is 10.1. The van der Waals surface area contributed by atoms with Crippen LogP contribution >= 0.6 is 0 Å². The first-order valence-electron chi connectivity index (χ1n) is 6.13. The molecule has 0 saturated heterocycles. The number of rotatable bonds is 2. The van der Waals surface area contributed by atoms with Crippen LogP contribution in [0.3, 0.4) is 0 Å². The van der Waals surface area contributed by atoms with Gasteiger partial charge in [0.05, 0.1) is 0 Å². The molecule has 0 bridgehead atoms. The molecule has 1 aliphatic rings. The number of para-hydroxylation sites is 1. The first kappa shape index (κ1) is 11.2. The third-order valence-electron chi connectivity index (χ3n) is 3.20. The van der Waals surface area contributed by atoms with Crippen molar-refractivity contribution in [3.63, 3.8) is 0 Å². The van der Waals surface area contributed by atoms with Gasteiger partial charge in [0.1, 0.15) is 0 Å². The predicted molar refractivity (Wildman–Crippen MR) is 66.8 cm³/mol. The second-order valence-electron chi connectivity index (χ2n) is 4.45. The summed E-state index contributed by atoms with van der Waals surface area (Å²) in [5.41, 5.74) is 3.87. The summed E-state index contributed by atoms with van der Waals surface area (Å²) in [5, 5.41) is 0. The minimum atomic E-state index is 0.171. The summed E-state index contributed by atoms with van der Waals surface area (Å²) in [5.74, 6) is 0.171. The lowest BCUT2D eigenvalue weighted by molar-refractivity contribution is -0.116. The van der Waals surface area contributed by atoms with Crippen molar-refractivity contribution in [2.75, 3.05) is 11.4 Å². The normalized spacial score (nSPS) is 14.8. The summed E-state index contributed by atoms with van der Waals surface area (Å²) in [6.07, 6.45) is 4.38. The fourth-order valence-electron chi connectivity index (χ4n) is 2.52. The topological polar surface area (TPSA) is 20.3 Å². The fourth-order valence-corrected chi connectivity index (χ4v) is 2.52. The Morgan fingerprint density at radius 1 is 1.44 bits per heavy atom. The molecule has 86 valence electrons. The van der Waals surface area contributed by atoms with E-state index in [0.717, 1.165) is 32.2 Å². The molecule has 0 aliphatic carbocycles. The maximum Gasteiger partial charge on any atom is 0.223 e. The van der Waals surface area contributed by atoms with Gasteiger partial charge in [0, 0.05) is 19.2 Å². The van der Waals surface area contributed by atoms with Gasteiger partial charge in [-0.25, -0.2) is 0 Å². The second-order valence-corrected chi connectivity index (χ2v) is 4.45. The fraction of sp³-hybridized carbons (Fsp3) is 0.500. The Kier molecular flexibility index (Phi) is 3.28. The molecule has 1 aromatic carbocycles. The quantitative estimate of drug-likeness (QED) is 0.746. The molecule has 2 nitrogen and oxygen atoms in total. The summed E-state index contributed by atoms with van der Waals surface area (Å²) in [6, 6.07) is 6.43. The van der Waals surface area contributed by atoms with Crippen molar-refractivity contribution in [1.82, 2.24) is 0 Å². The lowest BCUT2D eigenvalue weighted by Crippen LogP contribution is -2.34. The van der Waals surface area contributed by atoms with Crippen LogP contribution in [-0.2, 0) is 17.6 Å². The van der Waals surface area contributed by atoms with Crippen LogP contribution < -0.4 is 4.90 Å². The SMILES string of the molecule is CCCc1cccc2c1N(C(C)=O)CCC2. The van der Waals surface area contributed by atoms with Gasteiger partial charge in [-0.05, 0) is 30.4 Å². The number of fused-ring (bicyclic) bond motifs is 1. The highest BCUT2D eigenvalue weighted by Crippen LogP contribution is 2.31. The first-order chi connectivity index (χ1) is 7.74. The van der Waals surface area contributed by atoms with Crippen LogP contribution in [0.5, 0.6) is 0 Å². The van der Waals surface area contributed by atoms with Crippen molar-refractivity contribution in [3.8, 4) is 0 Å². The molecule has 1 aliphatic heterocycles. The zero-order chi connectivity index (χ0) is 11.5. The molecule has 1 heterocycles. The van der Waals surface area contributed by atoms with Gasteiger partial charge in [0.15, 0.2) is 0 Å². The van der Waals surface area contributed by atoms with Crippen LogP contribution in [0.25, 0.3) is 0 Å². The maximum atomic E-state index is 11.6. The van der Waals surface area contributed by atoms with Crippen LogP contribution in [0.1, 0.15) is 37.8 Å². The number of anilines is 1. The summed E-state index contributed by atoms with van der Waals surface area (Å²) < 4.78 is 0. The predicted octanol–water partition coefficient (Wildman–Crippen LogP) is 2.94. The minimum Gasteiger partial charge on any atom is -0.312 e. The Morgan fingerprint density at radius 2 is 2.25 bits per heavy atom. The Balaban J connectivity index is 2.46. The Morgan fingerprint density at radius 3 is 2.94 bits per heavy atom. The molecule has 1 aromatic rings. The zero-order valence-corrected chi connectivity index (χ0v) is 10.1. The van der Waals surface area contributed by atoms with E-state index in [1.165, 1.54) is 16.8 Å². The molecule has 0 unspecified atom stereocenters. The number of hydrogen-bond donors (Lipinski definition) is 0. The van der Waals surface area contributed by atoms with Crippen molar-refractivity contribution < 1.29 is 4.79 Å². The molecule has 2 rings (SSSR count). The first-order valence-corrected chi connectivity index (χ1v) is 6.13. The van der Waals surface area contributed by atoms with Gasteiger partial charge in [-0.1, -0.05) is 31.5 Å². The van der Waals surface area contributed by atoms with E-state index >= 15 is 0 Å². The van der Waals surface area contributed by atoms with E-state index in [4.69, 9.17) is 0 Å². The van der Waals surface area contributed by atoms with Crippen molar-refractivity contribution in [2.45, 2.75) is 39.5 Å². The lowest BCUT2D eigenvalue weighted by atomic mass is 9.95. The number of nitrogens with zero attached hydrogens (tertiary/aromatic N) is 1. The smallest absolute Gasteiger partial charge is 0.223 e. The number of aryl methyl sites for hydroxylation is 2. The van der Waals surface area contributed by atoms with E-state index in [1.807, 2.05) is 4.90 Å². The molecule has 0 aromatic heterocycles. The molecule has 0 spiro atoms. The Hall–Kier alpha value is -1.31. The largest absolute Gasteiger partial charge is 0.312 e. The molecule has 16 heavy (non-hydrogen) atoms. The number of hydrogen-bond acceptors (Lipinski definition) is 1. The minimum absolute atomic E-state index is 0.171. The number of amides is 1. The molecule has 0 atom stereocenters. The Bertz CT molecular complexity index is 398. The Labute approximate surface area is 97.3 Å². The number of carbonyl (C=O) groups is 1. The molecule has 2 heteroatoms. The highest BCUT2D eigenvalue weighted by Gasteiger charge is 2.22. The molecule has 0 saturated carbocycles. The van der Waals surface area contributed by atoms with E-state index < -0.39 is 0 Å². The standard InChI is InChI=1S/C14H19NO/c1-3-6-12-7-4-8-13-9-5-10-15(11(2)16)14(12)13/h4,7-8H,3,5-6,9-10H2,1-2H3. The van der Waals surface area contributed by atoms with Gasteiger partial charge < -0.3 is 4.90 Å². The van der Waals surface area contributed by atoms with Crippen LogP contribution in [0.15, 0.2) is 18.2 Å². The van der Waals surface area contributed by atoms with E-state index in [9.17, 15) is 4.79 Å². The molecular formula is C14H19NO. The van der Waals surface area contributed by atoms with Gasteiger partial charge in [-0.2, -0.15) is 0 Å². The summed E-state index contributed by atoms with van der Waals surface area (Å²) in [7, 11) is 0. The summed E-state index contributed by atoms with van der Waals surface area (Å²) >= 11 is 0. The van der Waals surface area contributed by atoms with E-state index in [2.05, 4.69) is 25.1 Å². The van der Waals surface area contributed by atoms with Crippen molar-refractivity contribution in [1.29, 1.82) is 0 Å². The highest BCUT2D eigenvalue weighted by atomic mass is 16.2. The van der Waals surface area contributed by atoms with Gasteiger partial charge in [-0.3, -0.25) is 4.79 Å². The van der Waals surface area contributed by atoms with Crippen molar-refractivity contribution in [2.24, 2.45) is 0 Å². The van der Waals surface area contributed by atoms with E-state index in [1.54, 1.807) is 6.92 Å². The molecular weight excluding hydrogens is 198 g/mol. The van der Waals surface area contributed by atoms with Crippen LogP contribution in [0.4, 0.5) is 5.69 Å². The van der Waals surface area contributed by atoms with Crippen LogP contribution in [0.2, 0.25) is 0 Å². The van der Waals surface area contributed by atoms with Crippen LogP contribution in [-0.4, -0.2) is 12.5 Å². The maximum absolute atomic E-state index is 11.6. The summed E-state index contributed by atoms with van der Waals surface area (Å²) in [4.78, 5) is 13.6. The third kappa shape index (κ3) is 1.97. The molecule has 1 amide bonds. The average molecular weight is 217 g/mol. The van der Waals surface area contributed by atoms with Gasteiger partial charge in [-0.15, -0.1) is 0 Å². The van der Waals surface area contributed by atoms with Crippen molar-refractivity contribution in [3.05, 3.63) is 29.3 Å². The average Bonchev–Trinajstić information content (AvgIpc) is 2.29. The number of carbonyl (C=O) groups excluding carboxylic acids is 1. The van der Waals surface area contributed by atoms with E-state index in [-0.39, 0.29) is 5.91 Å². The van der Waals surface area contributed by atoms with Gasteiger partial charge in [0.2, 0.25) is 5.91 Å². The van der Waals surface area contributed by atoms with Crippen LogP contribution in [0, 0.1) is 0 Å². The van der Waals surface area contributed by atoms with Gasteiger partial charge in [0.25, 0.3) is 0 Å². The summed E-state index contributed by atoms with van der Waals surface area (Å²) in [6.45, 7) is 4.72. The lowest BCUT2D eigenvalue weighted by Gasteiger charge is -2.30. The molecule has 0 fully saturated rings. The number of benzene rings is 1. The molecule has 0 radical (unpaired) electrons.